The number of nitrogens with zero attached hydrogens (tertiary/aromatic N) is 1. The summed E-state index contributed by atoms with van der Waals surface area (Å²) < 4.78 is 0. The molecule has 0 bridgehead atoms. The quantitative estimate of drug-likeness (QED) is 0.864. The predicted molar refractivity (Wildman–Crippen MR) is 74.1 cm³/mol. The first-order valence-corrected chi connectivity index (χ1v) is 7.81. The van der Waals surface area contributed by atoms with Crippen molar-refractivity contribution in [2.45, 2.75) is 44.1 Å². The molecule has 102 valence electrons. The van der Waals surface area contributed by atoms with Crippen LogP contribution in [-0.4, -0.2) is 28.9 Å². The number of carbonyl (C=O) groups excluding carboxylic acids is 2. The van der Waals surface area contributed by atoms with E-state index >= 15 is 0 Å². The Labute approximate surface area is 116 Å². The molecule has 1 saturated heterocycles. The highest BCUT2D eigenvalue weighted by Gasteiger charge is 2.52. The Morgan fingerprint density at radius 3 is 2.74 bits per heavy atom. The van der Waals surface area contributed by atoms with Gasteiger partial charge in [0.05, 0.1) is 0 Å². The van der Waals surface area contributed by atoms with E-state index in [1.165, 1.54) is 12.0 Å². The Balaban J connectivity index is 1.76. The highest BCUT2D eigenvalue weighted by Crippen LogP contribution is 2.37. The maximum atomic E-state index is 12.2. The van der Waals surface area contributed by atoms with Gasteiger partial charge in [0.2, 0.25) is 0 Å². The van der Waals surface area contributed by atoms with Crippen LogP contribution < -0.4 is 5.32 Å². The van der Waals surface area contributed by atoms with Gasteiger partial charge >= 0.3 is 6.03 Å². The standard InChI is InChI=1S/C14H18N2O2S/c17-12-14(6-2-1-3-7-14)16(13(18)15-12)8-4-11-5-9-19-10-11/h5,9-10H,1-4,6-8H2,(H,15,17,18). The molecule has 1 aliphatic carbocycles. The molecule has 1 aromatic heterocycles. The van der Waals surface area contributed by atoms with Gasteiger partial charge in [-0.25, -0.2) is 4.79 Å². The molecule has 0 unspecified atom stereocenters. The molecule has 1 N–H and O–H groups in total. The van der Waals surface area contributed by atoms with Crippen molar-refractivity contribution in [3.05, 3.63) is 22.4 Å². The Hall–Kier alpha value is -1.36. The maximum absolute atomic E-state index is 12.2. The summed E-state index contributed by atoms with van der Waals surface area (Å²) in [7, 11) is 0. The van der Waals surface area contributed by atoms with Crippen LogP contribution in [0, 0.1) is 0 Å². The van der Waals surface area contributed by atoms with Gasteiger partial charge in [-0.05, 0) is 41.7 Å². The highest BCUT2D eigenvalue weighted by molar-refractivity contribution is 7.07. The van der Waals surface area contributed by atoms with Crippen LogP contribution in [0.3, 0.4) is 0 Å². The van der Waals surface area contributed by atoms with Crippen LogP contribution in [-0.2, 0) is 11.2 Å². The van der Waals surface area contributed by atoms with Crippen molar-refractivity contribution in [3.8, 4) is 0 Å². The normalized spacial score (nSPS) is 22.0. The topological polar surface area (TPSA) is 49.4 Å². The first-order valence-electron chi connectivity index (χ1n) is 6.86. The summed E-state index contributed by atoms with van der Waals surface area (Å²) in [5.41, 5.74) is 0.689. The van der Waals surface area contributed by atoms with E-state index in [0.29, 0.717) is 6.54 Å². The molecule has 2 fully saturated rings. The minimum absolute atomic E-state index is 0.0810. The van der Waals surface area contributed by atoms with Crippen molar-refractivity contribution >= 4 is 23.3 Å². The third-order valence-corrected chi connectivity index (χ3v) is 5.02. The lowest BCUT2D eigenvalue weighted by atomic mass is 9.80. The molecule has 4 nitrogen and oxygen atoms in total. The molecule has 2 aliphatic rings. The van der Waals surface area contributed by atoms with Gasteiger partial charge < -0.3 is 4.90 Å². The third kappa shape index (κ3) is 2.16. The lowest BCUT2D eigenvalue weighted by Crippen LogP contribution is -2.51. The van der Waals surface area contributed by atoms with Crippen molar-refractivity contribution in [3.63, 3.8) is 0 Å². The van der Waals surface area contributed by atoms with Crippen molar-refractivity contribution < 1.29 is 9.59 Å². The van der Waals surface area contributed by atoms with E-state index in [9.17, 15) is 9.59 Å². The number of carbonyl (C=O) groups is 2. The number of thiophene rings is 1. The molecule has 19 heavy (non-hydrogen) atoms. The first kappa shape index (κ1) is 12.7. The van der Waals surface area contributed by atoms with E-state index in [0.717, 1.165) is 32.1 Å². The van der Waals surface area contributed by atoms with Crippen LogP contribution in [0.15, 0.2) is 16.8 Å². The van der Waals surface area contributed by atoms with Crippen LogP contribution in [0.1, 0.15) is 37.7 Å². The van der Waals surface area contributed by atoms with Crippen LogP contribution in [0.4, 0.5) is 4.79 Å². The van der Waals surface area contributed by atoms with Gasteiger partial charge in [-0.3, -0.25) is 10.1 Å². The second-order valence-electron chi connectivity index (χ2n) is 5.38. The SMILES string of the molecule is O=C1NC(=O)C2(CCCCC2)N1CCc1ccsc1. The van der Waals surface area contributed by atoms with Crippen LogP contribution in [0.5, 0.6) is 0 Å². The van der Waals surface area contributed by atoms with Crippen molar-refractivity contribution in [2.75, 3.05) is 6.54 Å². The average molecular weight is 278 g/mol. The molecular weight excluding hydrogens is 260 g/mol. The largest absolute Gasteiger partial charge is 0.325 e. The number of hydrogen-bond acceptors (Lipinski definition) is 3. The van der Waals surface area contributed by atoms with Gasteiger partial charge in [0.1, 0.15) is 5.54 Å². The fourth-order valence-corrected chi connectivity index (χ4v) is 3.93. The first-order chi connectivity index (χ1) is 9.22. The summed E-state index contributed by atoms with van der Waals surface area (Å²) in [5, 5.41) is 6.65. The molecule has 1 spiro atoms. The van der Waals surface area contributed by atoms with E-state index in [1.807, 2.05) is 5.38 Å². The maximum Gasteiger partial charge on any atom is 0.325 e. The summed E-state index contributed by atoms with van der Waals surface area (Å²) >= 11 is 1.66. The molecule has 3 rings (SSSR count). The van der Waals surface area contributed by atoms with Crippen molar-refractivity contribution in [2.24, 2.45) is 0 Å². The Morgan fingerprint density at radius 2 is 2.05 bits per heavy atom. The van der Waals surface area contributed by atoms with Crippen molar-refractivity contribution in [1.82, 2.24) is 10.2 Å². The highest BCUT2D eigenvalue weighted by atomic mass is 32.1. The van der Waals surface area contributed by atoms with Gasteiger partial charge in [-0.15, -0.1) is 0 Å². The second kappa shape index (κ2) is 4.96. The summed E-state index contributed by atoms with van der Waals surface area (Å²) in [6.45, 7) is 0.633. The van der Waals surface area contributed by atoms with Gasteiger partial charge in [-0.2, -0.15) is 11.3 Å². The minimum atomic E-state index is -0.550. The smallest absolute Gasteiger partial charge is 0.309 e. The zero-order valence-electron chi connectivity index (χ0n) is 10.9. The predicted octanol–water partition coefficient (Wildman–Crippen LogP) is 2.55. The number of amides is 3. The average Bonchev–Trinajstić information content (AvgIpc) is 2.99. The molecule has 3 amide bonds. The van der Waals surface area contributed by atoms with Crippen LogP contribution in [0.25, 0.3) is 0 Å². The summed E-state index contributed by atoms with van der Waals surface area (Å²) in [6, 6.07) is 1.87. The van der Waals surface area contributed by atoms with Gasteiger partial charge in [0, 0.05) is 6.54 Å². The lowest BCUT2D eigenvalue weighted by molar-refractivity contribution is -0.128. The second-order valence-corrected chi connectivity index (χ2v) is 6.16. The van der Waals surface area contributed by atoms with Crippen LogP contribution >= 0.6 is 11.3 Å². The number of nitrogens with one attached hydrogen (secondary N) is 1. The zero-order chi connectivity index (χ0) is 13.3. The monoisotopic (exact) mass is 278 g/mol. The van der Waals surface area contributed by atoms with Gasteiger partial charge in [-0.1, -0.05) is 19.3 Å². The molecule has 1 aliphatic heterocycles. The Bertz CT molecular complexity index is 478. The van der Waals surface area contributed by atoms with Crippen LogP contribution in [0.2, 0.25) is 0 Å². The summed E-state index contributed by atoms with van der Waals surface area (Å²) in [6.07, 6.45) is 5.70. The molecule has 0 aromatic carbocycles. The molecular formula is C14H18N2O2S. The van der Waals surface area contributed by atoms with Crippen molar-refractivity contribution in [1.29, 1.82) is 0 Å². The van der Waals surface area contributed by atoms with E-state index in [4.69, 9.17) is 0 Å². The summed E-state index contributed by atoms with van der Waals surface area (Å²) in [5.74, 6) is -0.0810. The minimum Gasteiger partial charge on any atom is -0.309 e. The van der Waals surface area contributed by atoms with Gasteiger partial charge in [0.15, 0.2) is 0 Å². The Kier molecular flexibility index (Phi) is 3.31. The molecule has 5 heteroatoms. The molecule has 0 radical (unpaired) electrons. The molecule has 1 saturated carbocycles. The summed E-state index contributed by atoms with van der Waals surface area (Å²) in [4.78, 5) is 26.0. The van der Waals surface area contributed by atoms with E-state index in [-0.39, 0.29) is 11.9 Å². The fourth-order valence-electron chi connectivity index (χ4n) is 3.22. The molecule has 0 atom stereocenters. The number of hydrogen-bond donors (Lipinski definition) is 1. The van der Waals surface area contributed by atoms with E-state index in [2.05, 4.69) is 16.8 Å². The number of rotatable bonds is 3. The van der Waals surface area contributed by atoms with E-state index < -0.39 is 5.54 Å². The zero-order valence-corrected chi connectivity index (χ0v) is 11.7. The van der Waals surface area contributed by atoms with E-state index in [1.54, 1.807) is 16.2 Å². The number of imide groups is 1. The number of urea groups is 1. The van der Waals surface area contributed by atoms with Gasteiger partial charge in [0.25, 0.3) is 5.91 Å². The lowest BCUT2D eigenvalue weighted by Gasteiger charge is -2.38. The Morgan fingerprint density at radius 1 is 1.26 bits per heavy atom. The third-order valence-electron chi connectivity index (χ3n) is 4.29. The fraction of sp³-hybridized carbons (Fsp3) is 0.571. The molecule has 1 aromatic rings. The molecule has 2 heterocycles.